The van der Waals surface area contributed by atoms with Gasteiger partial charge in [-0.2, -0.15) is 0 Å². The van der Waals surface area contributed by atoms with E-state index in [2.05, 4.69) is 9.62 Å². The number of para-hydroxylation sites is 1. The van der Waals surface area contributed by atoms with Gasteiger partial charge in [0.15, 0.2) is 5.75 Å². The summed E-state index contributed by atoms with van der Waals surface area (Å²) in [6.07, 6.45) is 6.27. The topological polar surface area (TPSA) is 164 Å². The molecule has 2 aliphatic heterocycles. The summed E-state index contributed by atoms with van der Waals surface area (Å²) in [5, 5.41) is 11.4. The summed E-state index contributed by atoms with van der Waals surface area (Å²) in [5.41, 5.74) is 7.80. The van der Waals surface area contributed by atoms with E-state index >= 15 is 0 Å². The van der Waals surface area contributed by atoms with Crippen LogP contribution in [0.25, 0.3) is 22.0 Å². The van der Waals surface area contributed by atoms with Crippen LogP contribution < -0.4 is 15.2 Å². The van der Waals surface area contributed by atoms with E-state index in [0.717, 1.165) is 62.5 Å². The van der Waals surface area contributed by atoms with Gasteiger partial charge in [-0.15, -0.1) is 0 Å². The average Bonchev–Trinajstić information content (AvgIpc) is 3.47. The zero-order valence-corrected chi connectivity index (χ0v) is 30.4. The highest BCUT2D eigenvalue weighted by Crippen LogP contribution is 2.50. The van der Waals surface area contributed by atoms with E-state index in [0.29, 0.717) is 35.0 Å². The molecule has 2 saturated heterocycles. The third kappa shape index (κ3) is 7.14. The number of sulfonamides is 1. The number of aryl methyl sites for hydroxylation is 1. The lowest BCUT2D eigenvalue weighted by Crippen LogP contribution is -2.44. The Balaban J connectivity index is 1.67. The molecule has 4 N–H and O–H groups in total. The minimum Gasteiger partial charge on any atom is -0.494 e. The van der Waals surface area contributed by atoms with Crippen LogP contribution in [0.5, 0.6) is 5.75 Å². The molecule has 3 heterocycles. The Morgan fingerprint density at radius 3 is 2.31 bits per heavy atom. The zero-order chi connectivity index (χ0) is 36.0. The number of carbonyl (C=O) groups excluding carboxylic acids is 2. The van der Waals surface area contributed by atoms with Crippen molar-refractivity contribution >= 4 is 44.4 Å². The van der Waals surface area contributed by atoms with Crippen LogP contribution in [-0.4, -0.2) is 91.8 Å². The molecule has 0 bridgehead atoms. The van der Waals surface area contributed by atoms with Crippen molar-refractivity contribution in [3.8, 4) is 16.9 Å². The van der Waals surface area contributed by atoms with Crippen molar-refractivity contribution in [2.24, 2.45) is 18.7 Å². The van der Waals surface area contributed by atoms with Crippen molar-refractivity contribution in [1.29, 1.82) is 0 Å². The summed E-state index contributed by atoms with van der Waals surface area (Å²) < 4.78 is 35.4. The number of ether oxygens (including phenoxy) is 1. The molecule has 2 atom stereocenters. The predicted octanol–water partition coefficient (Wildman–Crippen LogP) is 4.59. The first kappa shape index (κ1) is 36.2. The number of likely N-dealkylation sites (tertiary alicyclic amines) is 2. The number of fused-ring (bicyclic) bond motifs is 1. The molecule has 0 saturated carbocycles. The van der Waals surface area contributed by atoms with E-state index in [9.17, 15) is 27.9 Å². The number of nitrogens with two attached hydrogens (primary N) is 1. The lowest BCUT2D eigenvalue weighted by Gasteiger charge is -2.28. The highest BCUT2D eigenvalue weighted by molar-refractivity contribution is 7.92. The Kier molecular flexibility index (Phi) is 10.1. The highest BCUT2D eigenvalue weighted by Gasteiger charge is 2.36. The van der Waals surface area contributed by atoms with Crippen LogP contribution in [0.15, 0.2) is 24.3 Å². The maximum absolute atomic E-state index is 13.4. The quantitative estimate of drug-likeness (QED) is 0.293. The number of hydrogen-bond donors (Lipinski definition) is 3. The second-order valence-electron chi connectivity index (χ2n) is 14.6. The Hall–Kier alpha value is -4.10. The lowest BCUT2D eigenvalue weighted by molar-refractivity contribution is -0.135. The number of aromatic carboxylic acids is 1. The number of carboxylic acid groups (broad SMARTS) is 1. The molecular weight excluding hydrogens is 646 g/mol. The van der Waals surface area contributed by atoms with Gasteiger partial charge >= 0.3 is 5.97 Å². The van der Waals surface area contributed by atoms with Gasteiger partial charge in [-0.3, -0.25) is 19.2 Å². The number of anilines is 1. The number of carboxylic acids is 1. The molecule has 0 aliphatic carbocycles. The highest BCUT2D eigenvalue weighted by atomic mass is 32.2. The number of likely N-dealkylation sites (N-methyl/N-ethyl adjacent to an activating group) is 1. The van der Waals surface area contributed by atoms with Crippen LogP contribution in [0.2, 0.25) is 0 Å². The molecule has 0 spiro atoms. The predicted molar refractivity (Wildman–Crippen MR) is 191 cm³/mol. The van der Waals surface area contributed by atoms with Gasteiger partial charge in [0, 0.05) is 36.7 Å². The number of amides is 2. The lowest BCUT2D eigenvalue weighted by atomic mass is 9.79. The van der Waals surface area contributed by atoms with Crippen molar-refractivity contribution in [3.05, 3.63) is 46.6 Å². The van der Waals surface area contributed by atoms with Crippen molar-refractivity contribution in [3.63, 3.8) is 0 Å². The summed E-state index contributed by atoms with van der Waals surface area (Å²) >= 11 is 0. The summed E-state index contributed by atoms with van der Waals surface area (Å²) in [6, 6.07) is 7.27. The summed E-state index contributed by atoms with van der Waals surface area (Å²) in [5.74, 6) is -1.61. The zero-order valence-electron chi connectivity index (χ0n) is 29.6. The monoisotopic (exact) mass is 695 g/mol. The summed E-state index contributed by atoms with van der Waals surface area (Å²) in [7, 11) is 1.09. The molecule has 2 aromatic carbocycles. The van der Waals surface area contributed by atoms with E-state index in [1.165, 1.54) is 7.11 Å². The Morgan fingerprint density at radius 2 is 1.73 bits per heavy atom. The molecule has 0 radical (unpaired) electrons. The van der Waals surface area contributed by atoms with Gasteiger partial charge in [-0.05, 0) is 80.6 Å². The van der Waals surface area contributed by atoms with E-state index in [-0.39, 0.29) is 40.6 Å². The number of primary amides is 1. The van der Waals surface area contributed by atoms with Crippen molar-refractivity contribution in [1.82, 2.24) is 14.4 Å². The molecule has 266 valence electrons. The number of nitrogens with zero attached hydrogens (tertiary/aromatic N) is 3. The molecule has 2 fully saturated rings. The molecule has 2 amide bonds. The third-order valence-corrected chi connectivity index (χ3v) is 10.6. The second kappa shape index (κ2) is 13.7. The second-order valence-corrected chi connectivity index (χ2v) is 16.4. The first-order valence-electron chi connectivity index (χ1n) is 16.8. The Morgan fingerprint density at radius 1 is 1.04 bits per heavy atom. The molecule has 49 heavy (non-hydrogen) atoms. The van der Waals surface area contributed by atoms with Gasteiger partial charge in [-0.25, -0.2) is 13.2 Å². The van der Waals surface area contributed by atoms with E-state index < -0.39 is 27.3 Å². The SMILES string of the molecule is COc1c(C(N)=O)cc(C(C)(C)C)c(-c2c(C(=O)O)n(C)c3c(CC4CCCN(C(=O)[C@H]5CCCN5C)CC4)cccc23)c1NS(C)(=O)=O. The van der Waals surface area contributed by atoms with Crippen molar-refractivity contribution in [2.45, 2.75) is 70.8 Å². The Bertz CT molecular complexity index is 1910. The number of carbonyl (C=O) groups is 3. The van der Waals surface area contributed by atoms with Crippen LogP contribution in [-0.2, 0) is 33.7 Å². The third-order valence-electron chi connectivity index (χ3n) is 10.1. The molecular formula is C36H49N5O7S. The fraction of sp³-hybridized carbons (Fsp3) is 0.528. The standard InChI is InChI=1S/C36H49N5O7S/c1-36(2,3)25-20-24(33(37)42)32(48-6)29(38-49(7,46)47)28(25)27-23-13-8-12-22(30(23)40(5)31(27)35(44)45)19-21-11-9-17-41(18-15-21)34(43)26-14-10-16-39(26)4/h8,12-13,20-21,26,38H,9-11,14-19H2,1-7H3,(H2,37,42)(H,44,45)/t21?,26-/m1/s1. The number of hydrogen-bond acceptors (Lipinski definition) is 7. The van der Waals surface area contributed by atoms with Gasteiger partial charge in [0.2, 0.25) is 15.9 Å². The smallest absolute Gasteiger partial charge is 0.353 e. The minimum atomic E-state index is -3.94. The molecule has 2 aliphatic rings. The molecule has 3 aromatic rings. The minimum absolute atomic E-state index is 0.0272. The van der Waals surface area contributed by atoms with Gasteiger partial charge < -0.3 is 25.0 Å². The number of benzene rings is 2. The maximum Gasteiger partial charge on any atom is 0.353 e. The van der Waals surface area contributed by atoms with Crippen molar-refractivity contribution in [2.75, 3.05) is 44.8 Å². The first-order valence-corrected chi connectivity index (χ1v) is 18.7. The number of rotatable bonds is 9. The average molecular weight is 696 g/mol. The van der Waals surface area contributed by atoms with E-state index in [4.69, 9.17) is 10.5 Å². The van der Waals surface area contributed by atoms with Crippen LogP contribution in [0.1, 0.15) is 84.8 Å². The van der Waals surface area contributed by atoms with Crippen LogP contribution in [0.4, 0.5) is 5.69 Å². The van der Waals surface area contributed by atoms with Crippen LogP contribution in [0, 0.1) is 5.92 Å². The fourth-order valence-corrected chi connectivity index (χ4v) is 8.36. The molecule has 13 heteroatoms. The first-order chi connectivity index (χ1) is 22.9. The van der Waals surface area contributed by atoms with Gasteiger partial charge in [0.25, 0.3) is 5.91 Å². The van der Waals surface area contributed by atoms with Crippen LogP contribution >= 0.6 is 0 Å². The Labute approximate surface area is 288 Å². The normalized spacial score (nSPS) is 19.2. The molecule has 12 nitrogen and oxygen atoms in total. The molecule has 1 unspecified atom stereocenters. The number of aromatic nitrogens is 1. The molecule has 1 aromatic heterocycles. The van der Waals surface area contributed by atoms with Gasteiger partial charge in [0.1, 0.15) is 5.69 Å². The summed E-state index contributed by atoms with van der Waals surface area (Å²) in [4.78, 5) is 43.3. The summed E-state index contributed by atoms with van der Waals surface area (Å²) in [6.45, 7) is 8.05. The van der Waals surface area contributed by atoms with Crippen molar-refractivity contribution < 1.29 is 32.6 Å². The van der Waals surface area contributed by atoms with Gasteiger partial charge in [-0.1, -0.05) is 39.0 Å². The van der Waals surface area contributed by atoms with Gasteiger partial charge in [0.05, 0.1) is 36.2 Å². The fourth-order valence-electron chi connectivity index (χ4n) is 7.79. The number of methoxy groups -OCH3 is 1. The largest absolute Gasteiger partial charge is 0.494 e. The number of nitrogens with one attached hydrogen (secondary N) is 1. The van der Waals surface area contributed by atoms with E-state index in [1.807, 2.05) is 50.9 Å². The molecule has 5 rings (SSSR count). The van der Waals surface area contributed by atoms with Crippen LogP contribution in [0.3, 0.4) is 0 Å². The van der Waals surface area contributed by atoms with E-state index in [1.54, 1.807) is 17.7 Å². The maximum atomic E-state index is 13.4.